The third-order valence-electron chi connectivity index (χ3n) is 5.12. The van der Waals surface area contributed by atoms with Gasteiger partial charge in [-0.3, -0.25) is 9.59 Å². The second kappa shape index (κ2) is 9.90. The van der Waals surface area contributed by atoms with E-state index in [0.29, 0.717) is 16.9 Å². The first-order chi connectivity index (χ1) is 14.1. The molecule has 1 N–H and O–H groups in total. The minimum absolute atomic E-state index is 0.0592. The molecule has 0 unspecified atom stereocenters. The lowest BCUT2D eigenvalue weighted by atomic mass is 9.84. The van der Waals surface area contributed by atoms with E-state index in [1.807, 2.05) is 32.0 Å². The van der Waals surface area contributed by atoms with Crippen molar-refractivity contribution in [3.8, 4) is 5.75 Å². The molecule has 0 heterocycles. The van der Waals surface area contributed by atoms with Gasteiger partial charge in [-0.05, 0) is 49.9 Å². The number of aryl methyl sites for hydroxylation is 2. The molecule has 0 spiro atoms. The molecule has 2 aromatic carbocycles. The quantitative estimate of drug-likeness (QED) is 0.496. The van der Waals surface area contributed by atoms with Gasteiger partial charge >= 0.3 is 0 Å². The molecular weight excluding hydrogens is 376 g/mol. The Hall–Kier alpha value is -2.66. The molecule has 2 aromatic rings. The zero-order valence-corrected chi connectivity index (χ0v) is 19.2. The standard InChI is InChI=1S/C25H34N2O3/c1-8-11-22(25(4,5)6)26-27(23(28)19-15-17(2)14-18(3)16-19)24(29)20-12-9-10-13-21(20)30-7/h9-10,12-16,22,26H,8,11H2,1-7H3/t22-/m1/s1. The molecule has 2 rings (SSSR count). The lowest BCUT2D eigenvalue weighted by Crippen LogP contribution is -2.55. The fourth-order valence-corrected chi connectivity index (χ4v) is 3.51. The van der Waals surface area contributed by atoms with E-state index in [1.54, 1.807) is 24.3 Å². The van der Waals surface area contributed by atoms with Gasteiger partial charge in [0.1, 0.15) is 5.75 Å². The summed E-state index contributed by atoms with van der Waals surface area (Å²) in [6, 6.07) is 12.5. The number of carbonyl (C=O) groups excluding carboxylic acids is 2. The molecule has 5 heteroatoms. The smallest absolute Gasteiger partial charge is 0.279 e. The number of rotatable bonds is 7. The Kier molecular flexibility index (Phi) is 7.79. The predicted molar refractivity (Wildman–Crippen MR) is 121 cm³/mol. The van der Waals surface area contributed by atoms with Crippen molar-refractivity contribution in [2.75, 3.05) is 7.11 Å². The maximum atomic E-state index is 13.5. The normalized spacial score (nSPS) is 12.4. The third-order valence-corrected chi connectivity index (χ3v) is 5.12. The van der Waals surface area contributed by atoms with Crippen molar-refractivity contribution in [1.82, 2.24) is 10.4 Å². The number of hydrogen-bond donors (Lipinski definition) is 1. The number of para-hydroxylation sites is 1. The molecule has 0 aromatic heterocycles. The summed E-state index contributed by atoms with van der Waals surface area (Å²) in [7, 11) is 1.52. The van der Waals surface area contributed by atoms with Crippen LogP contribution in [-0.2, 0) is 0 Å². The average Bonchev–Trinajstić information content (AvgIpc) is 2.68. The SMILES string of the molecule is CCC[C@@H](NN(C(=O)c1cc(C)cc(C)c1)C(=O)c1ccccc1OC)C(C)(C)C. The Balaban J connectivity index is 2.53. The monoisotopic (exact) mass is 410 g/mol. The molecule has 0 radical (unpaired) electrons. The Morgan fingerprint density at radius 3 is 2.17 bits per heavy atom. The Morgan fingerprint density at radius 2 is 1.63 bits per heavy atom. The van der Waals surface area contributed by atoms with Crippen molar-refractivity contribution >= 4 is 11.8 Å². The van der Waals surface area contributed by atoms with Gasteiger partial charge in [-0.15, -0.1) is 0 Å². The fourth-order valence-electron chi connectivity index (χ4n) is 3.51. The molecule has 0 aliphatic rings. The Labute approximate surface area is 180 Å². The number of amides is 2. The van der Waals surface area contributed by atoms with E-state index < -0.39 is 5.91 Å². The molecule has 30 heavy (non-hydrogen) atoms. The second-order valence-corrected chi connectivity index (χ2v) is 8.86. The highest BCUT2D eigenvalue weighted by atomic mass is 16.5. The molecular formula is C25H34N2O3. The predicted octanol–water partition coefficient (Wildman–Crippen LogP) is 5.31. The third kappa shape index (κ3) is 5.70. The van der Waals surface area contributed by atoms with Crippen molar-refractivity contribution < 1.29 is 14.3 Å². The van der Waals surface area contributed by atoms with Crippen molar-refractivity contribution in [2.24, 2.45) is 5.41 Å². The Morgan fingerprint density at radius 1 is 1.03 bits per heavy atom. The van der Waals surface area contributed by atoms with Crippen molar-refractivity contribution in [2.45, 2.75) is 60.4 Å². The van der Waals surface area contributed by atoms with Crippen LogP contribution in [0.25, 0.3) is 0 Å². The summed E-state index contributed by atoms with van der Waals surface area (Å²) in [5.74, 6) is -0.365. The Bertz CT molecular complexity index is 879. The van der Waals surface area contributed by atoms with E-state index >= 15 is 0 Å². The van der Waals surface area contributed by atoms with E-state index in [1.165, 1.54) is 7.11 Å². The number of nitrogens with one attached hydrogen (secondary N) is 1. The molecule has 0 bridgehead atoms. The number of hydrazine groups is 1. The highest BCUT2D eigenvalue weighted by Crippen LogP contribution is 2.26. The number of carbonyl (C=O) groups is 2. The lowest BCUT2D eigenvalue weighted by Gasteiger charge is -2.36. The zero-order chi connectivity index (χ0) is 22.5. The summed E-state index contributed by atoms with van der Waals surface area (Å²) in [6.45, 7) is 12.3. The summed E-state index contributed by atoms with van der Waals surface area (Å²) < 4.78 is 5.37. The van der Waals surface area contributed by atoms with Gasteiger partial charge < -0.3 is 4.74 Å². The number of nitrogens with zero attached hydrogens (tertiary/aromatic N) is 1. The van der Waals surface area contributed by atoms with Crippen LogP contribution in [0, 0.1) is 19.3 Å². The van der Waals surface area contributed by atoms with Gasteiger partial charge in [0.2, 0.25) is 0 Å². The second-order valence-electron chi connectivity index (χ2n) is 8.86. The molecule has 162 valence electrons. The van der Waals surface area contributed by atoms with E-state index in [9.17, 15) is 9.59 Å². The van der Waals surface area contributed by atoms with Crippen LogP contribution in [0.5, 0.6) is 5.75 Å². The van der Waals surface area contributed by atoms with Crippen LogP contribution < -0.4 is 10.2 Å². The lowest BCUT2D eigenvalue weighted by molar-refractivity contribution is 0.0423. The number of methoxy groups -OCH3 is 1. The van der Waals surface area contributed by atoms with Gasteiger partial charge in [-0.1, -0.05) is 63.4 Å². The van der Waals surface area contributed by atoms with Gasteiger partial charge in [0.15, 0.2) is 0 Å². The highest BCUT2D eigenvalue weighted by Gasteiger charge is 2.32. The van der Waals surface area contributed by atoms with Gasteiger partial charge in [-0.25, -0.2) is 10.4 Å². The minimum atomic E-state index is -0.429. The molecule has 0 saturated carbocycles. The molecule has 0 fully saturated rings. The van der Waals surface area contributed by atoms with Gasteiger partial charge in [0.05, 0.1) is 12.7 Å². The van der Waals surface area contributed by atoms with Gasteiger partial charge in [0, 0.05) is 11.6 Å². The van der Waals surface area contributed by atoms with E-state index in [-0.39, 0.29) is 17.4 Å². The first-order valence-corrected chi connectivity index (χ1v) is 10.4. The van der Waals surface area contributed by atoms with Gasteiger partial charge in [-0.2, -0.15) is 0 Å². The number of ether oxygens (including phenoxy) is 1. The van der Waals surface area contributed by atoms with E-state index in [2.05, 4.69) is 33.1 Å². The number of imide groups is 1. The summed E-state index contributed by atoms with van der Waals surface area (Å²) in [4.78, 5) is 27.1. The topological polar surface area (TPSA) is 58.6 Å². The van der Waals surface area contributed by atoms with Gasteiger partial charge in [0.25, 0.3) is 11.8 Å². The maximum absolute atomic E-state index is 13.5. The van der Waals surface area contributed by atoms with Crippen LogP contribution >= 0.6 is 0 Å². The van der Waals surface area contributed by atoms with Crippen LogP contribution in [0.2, 0.25) is 0 Å². The first kappa shape index (κ1) is 23.6. The van der Waals surface area contributed by atoms with E-state index in [0.717, 1.165) is 29.0 Å². The molecule has 0 saturated heterocycles. The average molecular weight is 411 g/mol. The number of benzene rings is 2. The highest BCUT2D eigenvalue weighted by molar-refractivity contribution is 6.11. The number of hydrogen-bond acceptors (Lipinski definition) is 4. The molecule has 5 nitrogen and oxygen atoms in total. The summed E-state index contributed by atoms with van der Waals surface area (Å²) in [6.07, 6.45) is 1.77. The largest absolute Gasteiger partial charge is 0.496 e. The maximum Gasteiger partial charge on any atom is 0.279 e. The summed E-state index contributed by atoms with van der Waals surface area (Å²) in [5.41, 5.74) is 5.89. The molecule has 1 atom stereocenters. The van der Waals surface area contributed by atoms with Crippen LogP contribution in [0.15, 0.2) is 42.5 Å². The van der Waals surface area contributed by atoms with Crippen molar-refractivity contribution in [3.05, 3.63) is 64.7 Å². The van der Waals surface area contributed by atoms with Crippen LogP contribution in [-0.4, -0.2) is 30.0 Å². The van der Waals surface area contributed by atoms with Crippen LogP contribution in [0.4, 0.5) is 0 Å². The van der Waals surface area contributed by atoms with E-state index in [4.69, 9.17) is 4.74 Å². The summed E-state index contributed by atoms with van der Waals surface area (Å²) in [5, 5.41) is 1.16. The molecule has 0 aliphatic carbocycles. The van der Waals surface area contributed by atoms with Crippen LogP contribution in [0.1, 0.15) is 72.4 Å². The zero-order valence-electron chi connectivity index (χ0n) is 19.2. The molecule has 2 amide bonds. The first-order valence-electron chi connectivity index (χ1n) is 10.4. The fraction of sp³-hybridized carbons (Fsp3) is 0.440. The summed E-state index contributed by atoms with van der Waals surface area (Å²) >= 11 is 0. The van der Waals surface area contributed by atoms with Crippen molar-refractivity contribution in [1.29, 1.82) is 0 Å². The minimum Gasteiger partial charge on any atom is -0.496 e. The van der Waals surface area contributed by atoms with Crippen molar-refractivity contribution in [3.63, 3.8) is 0 Å². The van der Waals surface area contributed by atoms with Crippen LogP contribution in [0.3, 0.4) is 0 Å². The molecule has 0 aliphatic heterocycles.